The van der Waals surface area contributed by atoms with Crippen molar-refractivity contribution in [2.45, 2.75) is 112 Å². The van der Waals surface area contributed by atoms with Gasteiger partial charge in [0.15, 0.2) is 0 Å². The van der Waals surface area contributed by atoms with Crippen molar-refractivity contribution in [3.8, 4) is 0 Å². The van der Waals surface area contributed by atoms with Crippen molar-refractivity contribution in [3.05, 3.63) is 0 Å². The third kappa shape index (κ3) is 2.63. The lowest BCUT2D eigenvalue weighted by molar-refractivity contribution is -0.234. The summed E-state index contributed by atoms with van der Waals surface area (Å²) < 4.78 is 0. The molecule has 5 aliphatic rings. The van der Waals surface area contributed by atoms with E-state index in [1.54, 1.807) is 6.92 Å². The largest absolute Gasteiger partial charge is 0.303 e. The zero-order chi connectivity index (χ0) is 22.4. The van der Waals surface area contributed by atoms with Crippen LogP contribution < -0.4 is 0 Å². The van der Waals surface area contributed by atoms with Crippen molar-refractivity contribution in [1.82, 2.24) is 0 Å². The summed E-state index contributed by atoms with van der Waals surface area (Å²) in [5, 5.41) is 0. The first-order valence-corrected chi connectivity index (χ1v) is 13.4. The number of carbonyl (C=O) groups is 2. The normalized spacial score (nSPS) is 55.4. The van der Waals surface area contributed by atoms with Crippen LogP contribution in [0, 0.1) is 56.7 Å². The van der Waals surface area contributed by atoms with E-state index < -0.39 is 0 Å². The van der Waals surface area contributed by atoms with Crippen molar-refractivity contribution in [2.75, 3.05) is 0 Å². The molecule has 5 saturated carbocycles. The summed E-state index contributed by atoms with van der Waals surface area (Å²) in [6.07, 6.45) is 14.9. The zero-order valence-electron chi connectivity index (χ0n) is 21.1. The lowest BCUT2D eigenvalue weighted by Gasteiger charge is -2.72. The van der Waals surface area contributed by atoms with Gasteiger partial charge in [0.1, 0.15) is 12.1 Å². The van der Waals surface area contributed by atoms with Crippen molar-refractivity contribution in [3.63, 3.8) is 0 Å². The molecule has 174 valence electrons. The van der Waals surface area contributed by atoms with Gasteiger partial charge < -0.3 is 4.79 Å². The predicted octanol–water partition coefficient (Wildman–Crippen LogP) is 7.25. The Labute approximate surface area is 190 Å². The van der Waals surface area contributed by atoms with Crippen LogP contribution >= 0.6 is 0 Å². The van der Waals surface area contributed by atoms with Crippen molar-refractivity contribution in [2.24, 2.45) is 56.7 Å². The van der Waals surface area contributed by atoms with Crippen LogP contribution in [0.15, 0.2) is 0 Å². The first-order chi connectivity index (χ1) is 14.5. The summed E-state index contributed by atoms with van der Waals surface area (Å²) in [5.74, 6) is 2.94. The third-order valence-electron chi connectivity index (χ3n) is 13.0. The molecule has 0 N–H and O–H groups in total. The molecule has 0 aromatic rings. The summed E-state index contributed by atoms with van der Waals surface area (Å²) >= 11 is 0. The fourth-order valence-electron chi connectivity index (χ4n) is 11.4. The van der Waals surface area contributed by atoms with Crippen LogP contribution in [0.1, 0.15) is 112 Å². The molecule has 5 fully saturated rings. The van der Waals surface area contributed by atoms with Crippen LogP contribution in [0.2, 0.25) is 0 Å². The van der Waals surface area contributed by atoms with Gasteiger partial charge in [-0.05, 0) is 116 Å². The molecular formula is C29H46O2. The molecule has 0 spiro atoms. The maximum absolute atomic E-state index is 12.7. The number of carbonyl (C=O) groups excluding carboxylic acids is 2. The van der Waals surface area contributed by atoms with Crippen LogP contribution in [0.5, 0.6) is 0 Å². The Morgan fingerprint density at radius 1 is 0.774 bits per heavy atom. The number of Topliss-reactive ketones (excluding diaryl/α,β-unsaturated/α-hetero) is 1. The van der Waals surface area contributed by atoms with E-state index in [9.17, 15) is 9.59 Å². The Morgan fingerprint density at radius 2 is 1.52 bits per heavy atom. The number of aldehydes is 1. The maximum atomic E-state index is 12.7. The van der Waals surface area contributed by atoms with Gasteiger partial charge in [-0.25, -0.2) is 0 Å². The summed E-state index contributed by atoms with van der Waals surface area (Å²) in [6.45, 7) is 14.8. The Bertz CT molecular complexity index is 784. The van der Waals surface area contributed by atoms with E-state index in [0.717, 1.165) is 31.1 Å². The fourth-order valence-corrected chi connectivity index (χ4v) is 11.4. The van der Waals surface area contributed by atoms with E-state index in [-0.39, 0.29) is 16.7 Å². The zero-order valence-corrected chi connectivity index (χ0v) is 21.1. The summed E-state index contributed by atoms with van der Waals surface area (Å²) in [6, 6.07) is 0. The summed E-state index contributed by atoms with van der Waals surface area (Å²) in [4.78, 5) is 25.2. The Morgan fingerprint density at radius 3 is 2.19 bits per heavy atom. The van der Waals surface area contributed by atoms with E-state index in [1.165, 1.54) is 57.7 Å². The lowest BCUT2D eigenvalue weighted by atomic mass is 9.32. The summed E-state index contributed by atoms with van der Waals surface area (Å²) in [7, 11) is 0. The van der Waals surface area contributed by atoms with Gasteiger partial charge in [-0.15, -0.1) is 0 Å². The molecule has 9 atom stereocenters. The Balaban J connectivity index is 1.56. The highest BCUT2D eigenvalue weighted by Crippen LogP contribution is 2.77. The van der Waals surface area contributed by atoms with Crippen LogP contribution in [0.4, 0.5) is 0 Å². The molecule has 7 unspecified atom stereocenters. The molecule has 0 aromatic carbocycles. The molecule has 0 heterocycles. The predicted molar refractivity (Wildman–Crippen MR) is 126 cm³/mol. The smallest absolute Gasteiger partial charge is 0.133 e. The first kappa shape index (κ1) is 22.1. The van der Waals surface area contributed by atoms with Crippen molar-refractivity contribution < 1.29 is 9.59 Å². The number of rotatable bonds is 2. The maximum Gasteiger partial charge on any atom is 0.133 e. The van der Waals surface area contributed by atoms with E-state index in [1.807, 2.05) is 0 Å². The van der Waals surface area contributed by atoms with Crippen LogP contribution in [0.3, 0.4) is 0 Å². The SMILES string of the molecule is CC(=O)[C@@H]1CCC2(C=O)CC[C@]3(C)C(CCC4C5(C)CCCC(C)(C)C5CCC43C)C12. The highest BCUT2D eigenvalue weighted by atomic mass is 16.1. The molecule has 5 aliphatic carbocycles. The van der Waals surface area contributed by atoms with Gasteiger partial charge in [0.2, 0.25) is 0 Å². The molecule has 2 nitrogen and oxygen atoms in total. The summed E-state index contributed by atoms with van der Waals surface area (Å²) in [5.41, 5.74) is 1.32. The van der Waals surface area contributed by atoms with Crippen LogP contribution in [-0.4, -0.2) is 12.1 Å². The van der Waals surface area contributed by atoms with Gasteiger partial charge in [0.25, 0.3) is 0 Å². The van der Waals surface area contributed by atoms with E-state index in [2.05, 4.69) is 34.6 Å². The molecule has 2 heteroatoms. The van der Waals surface area contributed by atoms with Gasteiger partial charge in [-0.1, -0.05) is 41.0 Å². The number of hydrogen-bond donors (Lipinski definition) is 0. The topological polar surface area (TPSA) is 34.1 Å². The third-order valence-corrected chi connectivity index (χ3v) is 13.0. The van der Waals surface area contributed by atoms with Gasteiger partial charge in [-0.3, -0.25) is 4.79 Å². The molecular weight excluding hydrogens is 380 g/mol. The van der Waals surface area contributed by atoms with E-state index >= 15 is 0 Å². The molecule has 0 aromatic heterocycles. The monoisotopic (exact) mass is 426 g/mol. The molecule has 0 saturated heterocycles. The molecule has 0 amide bonds. The molecule has 5 rings (SSSR count). The molecule has 0 aliphatic heterocycles. The number of fused-ring (bicyclic) bond motifs is 7. The van der Waals surface area contributed by atoms with Gasteiger partial charge >= 0.3 is 0 Å². The highest BCUT2D eigenvalue weighted by molar-refractivity contribution is 5.80. The second-order valence-electron chi connectivity index (χ2n) is 14.1. The van der Waals surface area contributed by atoms with Crippen LogP contribution in [-0.2, 0) is 9.59 Å². The average Bonchev–Trinajstić information content (AvgIpc) is 3.08. The number of ketones is 1. The number of hydrogen-bond acceptors (Lipinski definition) is 2. The minimum absolute atomic E-state index is 0.121. The minimum Gasteiger partial charge on any atom is -0.303 e. The average molecular weight is 427 g/mol. The Hall–Kier alpha value is -0.660. The second-order valence-corrected chi connectivity index (χ2v) is 14.1. The van der Waals surface area contributed by atoms with E-state index in [0.29, 0.717) is 33.9 Å². The van der Waals surface area contributed by atoms with Gasteiger partial charge in [0, 0.05) is 11.3 Å². The van der Waals surface area contributed by atoms with Gasteiger partial charge in [-0.2, -0.15) is 0 Å². The highest BCUT2D eigenvalue weighted by Gasteiger charge is 2.70. The second kappa shape index (κ2) is 6.69. The van der Waals surface area contributed by atoms with Crippen molar-refractivity contribution in [1.29, 1.82) is 0 Å². The Kier molecular flexibility index (Phi) is 4.78. The lowest BCUT2D eigenvalue weighted by Crippen LogP contribution is -2.65. The quantitative estimate of drug-likeness (QED) is 0.436. The standard InChI is InChI=1S/C29H46O2/c1-19(31)20-10-15-29(18-30)17-16-27(5)21(24(20)29)8-9-23-26(4)13-7-12-25(2,3)22(26)11-14-28(23,27)6/h18,20-24H,7-17H2,1-6H3/t20-,21?,22?,23?,24?,26?,27+,28?,29?/m0/s1. The molecule has 0 radical (unpaired) electrons. The van der Waals surface area contributed by atoms with E-state index in [4.69, 9.17) is 0 Å². The van der Waals surface area contributed by atoms with Crippen LogP contribution in [0.25, 0.3) is 0 Å². The molecule has 0 bridgehead atoms. The van der Waals surface area contributed by atoms with Crippen molar-refractivity contribution >= 4 is 12.1 Å². The fraction of sp³-hybridized carbons (Fsp3) is 0.931. The molecule has 31 heavy (non-hydrogen) atoms. The van der Waals surface area contributed by atoms with Gasteiger partial charge in [0.05, 0.1) is 0 Å². The minimum atomic E-state index is -0.211. The first-order valence-electron chi connectivity index (χ1n) is 13.4.